The first-order valence-electron chi connectivity index (χ1n) is 8.17. The van der Waals surface area contributed by atoms with E-state index < -0.39 is 35.4 Å². The summed E-state index contributed by atoms with van der Waals surface area (Å²) < 4.78 is 0. The molecule has 0 aliphatic rings. The summed E-state index contributed by atoms with van der Waals surface area (Å²) in [5.74, 6) is -2.68. The lowest BCUT2D eigenvalue weighted by atomic mass is 9.87. The number of carboxylic acid groups (broad SMARTS) is 2. The standard InChI is InChI=1S/C9H17NO5.C6H14N4O2/c1-9(2,5-11)7(14)8(15)10-4-3-6(12)13;7-4(5(11)12)2-1-3-10-6(8)9/h7,11,14H,3-5H2,1-2H3,(H,10,15)(H,12,13);4H,1-3,7H2,(H,11,12)(H4,8,9,10)/t7-;4-/m00/s1. The summed E-state index contributed by atoms with van der Waals surface area (Å²) >= 11 is 0. The minimum atomic E-state index is -1.35. The number of guanidine groups is 1. The Morgan fingerprint density at radius 2 is 1.74 bits per heavy atom. The highest BCUT2D eigenvalue weighted by molar-refractivity contribution is 5.81. The van der Waals surface area contributed by atoms with E-state index in [0.29, 0.717) is 19.4 Å². The third kappa shape index (κ3) is 14.4. The lowest BCUT2D eigenvalue weighted by Gasteiger charge is -2.26. The zero-order valence-electron chi connectivity index (χ0n) is 15.6. The average molecular weight is 393 g/mol. The van der Waals surface area contributed by atoms with Crippen molar-refractivity contribution >= 4 is 23.8 Å². The van der Waals surface area contributed by atoms with E-state index in [9.17, 15) is 19.5 Å². The molecular formula is C15H31N5O7. The number of carbonyl (C=O) groups is 3. The second kappa shape index (κ2) is 13.7. The molecule has 27 heavy (non-hydrogen) atoms. The highest BCUT2D eigenvalue weighted by atomic mass is 16.4. The van der Waals surface area contributed by atoms with Crippen molar-refractivity contribution in [3.63, 3.8) is 0 Å². The van der Waals surface area contributed by atoms with Crippen LogP contribution in [0.15, 0.2) is 4.99 Å². The molecule has 2 atom stereocenters. The van der Waals surface area contributed by atoms with Crippen molar-refractivity contribution in [3.05, 3.63) is 0 Å². The fourth-order valence-electron chi connectivity index (χ4n) is 1.47. The quantitative estimate of drug-likeness (QED) is 0.103. The van der Waals surface area contributed by atoms with Crippen LogP contribution in [0.4, 0.5) is 0 Å². The van der Waals surface area contributed by atoms with E-state index in [0.717, 1.165) is 0 Å². The Morgan fingerprint density at radius 3 is 2.15 bits per heavy atom. The van der Waals surface area contributed by atoms with Gasteiger partial charge in [0.1, 0.15) is 12.1 Å². The number of amides is 1. The molecule has 1 amide bonds. The van der Waals surface area contributed by atoms with Crippen LogP contribution >= 0.6 is 0 Å². The number of aliphatic carboxylic acids is 2. The van der Waals surface area contributed by atoms with Crippen LogP contribution < -0.4 is 22.5 Å². The van der Waals surface area contributed by atoms with Gasteiger partial charge in [0.2, 0.25) is 5.91 Å². The van der Waals surface area contributed by atoms with Crippen LogP contribution in [0.5, 0.6) is 0 Å². The Balaban J connectivity index is 0. The van der Waals surface area contributed by atoms with Gasteiger partial charge in [-0.05, 0) is 12.8 Å². The van der Waals surface area contributed by atoms with Gasteiger partial charge in [0.25, 0.3) is 0 Å². The molecule has 0 saturated carbocycles. The first kappa shape index (κ1) is 26.8. The van der Waals surface area contributed by atoms with E-state index in [-0.39, 0.29) is 25.5 Å². The second-order valence-electron chi connectivity index (χ2n) is 6.38. The summed E-state index contributed by atoms with van der Waals surface area (Å²) in [6.45, 7) is 3.12. The Kier molecular flexibility index (Phi) is 13.6. The number of nitrogens with zero attached hydrogens (tertiary/aromatic N) is 1. The van der Waals surface area contributed by atoms with Gasteiger partial charge in [-0.25, -0.2) is 0 Å². The Bertz CT molecular complexity index is 507. The van der Waals surface area contributed by atoms with Gasteiger partial charge >= 0.3 is 11.9 Å². The van der Waals surface area contributed by atoms with Crippen LogP contribution in [0.2, 0.25) is 0 Å². The molecule has 0 bridgehead atoms. The van der Waals surface area contributed by atoms with E-state index in [4.69, 9.17) is 32.5 Å². The van der Waals surface area contributed by atoms with Crippen LogP contribution in [-0.2, 0) is 14.4 Å². The van der Waals surface area contributed by atoms with Gasteiger partial charge in [-0.2, -0.15) is 0 Å². The maximum Gasteiger partial charge on any atom is 0.320 e. The van der Waals surface area contributed by atoms with Crippen molar-refractivity contribution in [3.8, 4) is 0 Å². The lowest BCUT2D eigenvalue weighted by molar-refractivity contribution is -0.139. The predicted octanol–water partition coefficient (Wildman–Crippen LogP) is -2.59. The summed E-state index contributed by atoms with van der Waals surface area (Å²) in [5, 5.41) is 37.4. The molecule has 158 valence electrons. The highest BCUT2D eigenvalue weighted by Gasteiger charge is 2.32. The average Bonchev–Trinajstić information content (AvgIpc) is 2.57. The van der Waals surface area contributed by atoms with Gasteiger partial charge < -0.3 is 42.9 Å². The molecular weight excluding hydrogens is 362 g/mol. The molecule has 12 heteroatoms. The van der Waals surface area contributed by atoms with E-state index in [1.807, 2.05) is 0 Å². The van der Waals surface area contributed by atoms with Gasteiger partial charge in [0, 0.05) is 18.5 Å². The third-order valence-corrected chi connectivity index (χ3v) is 3.32. The fraction of sp³-hybridized carbons (Fsp3) is 0.733. The maximum atomic E-state index is 11.3. The molecule has 0 radical (unpaired) electrons. The number of aliphatic hydroxyl groups excluding tert-OH is 2. The molecule has 0 aromatic carbocycles. The zero-order chi connectivity index (χ0) is 21.6. The Hall–Kier alpha value is -2.44. The van der Waals surface area contributed by atoms with Crippen LogP contribution in [-0.4, -0.2) is 76.1 Å². The molecule has 0 fully saturated rings. The molecule has 11 N–H and O–H groups in total. The Labute approximate surface area is 157 Å². The van der Waals surface area contributed by atoms with Crippen LogP contribution in [0.3, 0.4) is 0 Å². The van der Waals surface area contributed by atoms with E-state index in [1.165, 1.54) is 13.8 Å². The number of aliphatic imine (C=N–C) groups is 1. The SMILES string of the molecule is CC(C)(CO)[C@@H](O)C(=O)NCCC(=O)O.NC(N)=NCCC[C@H](N)C(=O)O. The van der Waals surface area contributed by atoms with Gasteiger partial charge in [0.05, 0.1) is 13.0 Å². The summed E-state index contributed by atoms with van der Waals surface area (Å²) in [5.41, 5.74) is 14.4. The molecule has 12 nitrogen and oxygen atoms in total. The summed E-state index contributed by atoms with van der Waals surface area (Å²) in [4.78, 5) is 35.3. The molecule has 0 heterocycles. The maximum absolute atomic E-state index is 11.3. The van der Waals surface area contributed by atoms with Crippen molar-refractivity contribution in [2.45, 2.75) is 45.3 Å². The predicted molar refractivity (Wildman–Crippen MR) is 97.7 cm³/mol. The number of carboxylic acids is 2. The molecule has 0 saturated heterocycles. The van der Waals surface area contributed by atoms with Gasteiger partial charge in [-0.15, -0.1) is 0 Å². The molecule has 0 aliphatic carbocycles. The number of rotatable bonds is 11. The lowest BCUT2D eigenvalue weighted by Crippen LogP contribution is -2.45. The summed E-state index contributed by atoms with van der Waals surface area (Å²) in [7, 11) is 0. The number of aliphatic hydroxyl groups is 2. The number of hydrogen-bond donors (Lipinski definition) is 8. The van der Waals surface area contributed by atoms with Crippen LogP contribution in [0.25, 0.3) is 0 Å². The van der Waals surface area contributed by atoms with Crippen molar-refractivity contribution in [2.24, 2.45) is 27.6 Å². The third-order valence-electron chi connectivity index (χ3n) is 3.32. The van der Waals surface area contributed by atoms with E-state index >= 15 is 0 Å². The smallest absolute Gasteiger partial charge is 0.320 e. The molecule has 0 aliphatic heterocycles. The van der Waals surface area contributed by atoms with Crippen molar-refractivity contribution in [1.82, 2.24) is 5.32 Å². The van der Waals surface area contributed by atoms with Gasteiger partial charge in [-0.1, -0.05) is 13.8 Å². The Morgan fingerprint density at radius 1 is 1.19 bits per heavy atom. The van der Waals surface area contributed by atoms with Crippen LogP contribution in [0, 0.1) is 5.41 Å². The number of hydrogen-bond acceptors (Lipinski definition) is 7. The van der Waals surface area contributed by atoms with Crippen molar-refractivity contribution in [1.29, 1.82) is 0 Å². The number of nitrogens with two attached hydrogens (primary N) is 3. The molecule has 0 unspecified atom stereocenters. The van der Waals surface area contributed by atoms with Crippen molar-refractivity contribution in [2.75, 3.05) is 19.7 Å². The fourth-order valence-corrected chi connectivity index (χ4v) is 1.47. The molecule has 0 rings (SSSR count). The monoisotopic (exact) mass is 393 g/mol. The molecule has 0 aromatic rings. The van der Waals surface area contributed by atoms with Crippen molar-refractivity contribution < 1.29 is 34.8 Å². The minimum absolute atomic E-state index is 0.0129. The van der Waals surface area contributed by atoms with E-state index in [1.54, 1.807) is 0 Å². The number of carbonyl (C=O) groups excluding carboxylic acids is 1. The van der Waals surface area contributed by atoms with Gasteiger partial charge in [-0.3, -0.25) is 19.4 Å². The highest BCUT2D eigenvalue weighted by Crippen LogP contribution is 2.19. The summed E-state index contributed by atoms with van der Waals surface area (Å²) in [6, 6.07) is -0.820. The first-order valence-corrected chi connectivity index (χ1v) is 8.17. The number of nitrogens with one attached hydrogen (secondary N) is 1. The minimum Gasteiger partial charge on any atom is -0.481 e. The van der Waals surface area contributed by atoms with Gasteiger partial charge in [0.15, 0.2) is 5.96 Å². The molecule has 0 aromatic heterocycles. The topological polar surface area (TPSA) is 235 Å². The second-order valence-corrected chi connectivity index (χ2v) is 6.38. The zero-order valence-corrected chi connectivity index (χ0v) is 15.6. The van der Waals surface area contributed by atoms with E-state index in [2.05, 4.69) is 10.3 Å². The van der Waals surface area contributed by atoms with Crippen LogP contribution in [0.1, 0.15) is 33.1 Å². The normalized spacial score (nSPS) is 12.8. The summed E-state index contributed by atoms with van der Waals surface area (Å²) in [6.07, 6.45) is -0.591. The molecule has 0 spiro atoms. The first-order chi connectivity index (χ1) is 12.3. The largest absolute Gasteiger partial charge is 0.481 e.